The minimum atomic E-state index is -3.58. The van der Waals surface area contributed by atoms with Gasteiger partial charge >= 0.3 is 0 Å². The van der Waals surface area contributed by atoms with Crippen molar-refractivity contribution >= 4 is 21.6 Å². The van der Waals surface area contributed by atoms with Gasteiger partial charge in [-0.3, -0.25) is 9.10 Å². The summed E-state index contributed by atoms with van der Waals surface area (Å²) in [7, 11) is -3.58. The molecule has 7 heteroatoms. The lowest BCUT2D eigenvalue weighted by Gasteiger charge is -2.35. The van der Waals surface area contributed by atoms with Gasteiger partial charge in [0.25, 0.3) is 5.91 Å². The van der Waals surface area contributed by atoms with E-state index in [-0.39, 0.29) is 17.9 Å². The van der Waals surface area contributed by atoms with E-state index in [1.165, 1.54) is 15.4 Å². The zero-order valence-electron chi connectivity index (χ0n) is 19.9. The maximum Gasteiger partial charge on any atom is 0.263 e. The summed E-state index contributed by atoms with van der Waals surface area (Å²) in [5.74, 6) is 0.0743. The Labute approximate surface area is 192 Å². The molecule has 0 spiro atoms. The summed E-state index contributed by atoms with van der Waals surface area (Å²) in [6.45, 7) is 10.7. The fourth-order valence-corrected chi connectivity index (χ4v) is 4.78. The van der Waals surface area contributed by atoms with Gasteiger partial charge in [-0.25, -0.2) is 8.42 Å². The molecule has 1 atom stereocenters. The highest BCUT2D eigenvalue weighted by atomic mass is 32.2. The number of hydrogen-bond acceptors (Lipinski definition) is 4. The Kier molecular flexibility index (Phi) is 6.89. The molecule has 174 valence electrons. The molecule has 0 aromatic heterocycles. The van der Waals surface area contributed by atoms with Gasteiger partial charge < -0.3 is 10.1 Å². The molecule has 0 saturated carbocycles. The summed E-state index contributed by atoms with van der Waals surface area (Å²) in [4.78, 5) is 13.0. The number of ether oxygens (including phenoxy) is 1. The first-order chi connectivity index (χ1) is 14.9. The highest BCUT2D eigenvalue weighted by molar-refractivity contribution is 7.92. The molecule has 1 aliphatic heterocycles. The Balaban J connectivity index is 1.84. The summed E-state index contributed by atoms with van der Waals surface area (Å²) < 4.78 is 32.3. The van der Waals surface area contributed by atoms with Crippen LogP contribution in [0.1, 0.15) is 56.9 Å². The van der Waals surface area contributed by atoms with Crippen LogP contribution in [0, 0.1) is 0 Å². The molecule has 1 heterocycles. The van der Waals surface area contributed by atoms with Gasteiger partial charge in [0, 0.05) is 6.54 Å². The standard InChI is InChI=1S/C25H34N2O4S/c1-7-17-9-10-18(8-2)19(13-17)15-26-24(28)23-16-27(32(6,29)30)21-14-20(25(3,4)5)11-12-22(21)31-23/h9-14,23H,7-8,15-16H2,1-6H3,(H,26,28). The number of benzene rings is 2. The van der Waals surface area contributed by atoms with Gasteiger partial charge in [0.2, 0.25) is 10.0 Å². The third kappa shape index (κ3) is 5.26. The highest BCUT2D eigenvalue weighted by Crippen LogP contribution is 2.38. The first kappa shape index (κ1) is 24.1. The lowest BCUT2D eigenvalue weighted by atomic mass is 9.86. The monoisotopic (exact) mass is 458 g/mol. The van der Waals surface area contributed by atoms with Crippen LogP contribution in [-0.2, 0) is 39.6 Å². The first-order valence-electron chi connectivity index (χ1n) is 11.1. The van der Waals surface area contributed by atoms with Crippen LogP contribution >= 0.6 is 0 Å². The minimum absolute atomic E-state index is 0.0547. The molecular formula is C25H34N2O4S. The second-order valence-corrected chi connectivity index (χ2v) is 11.3. The van der Waals surface area contributed by atoms with Crippen molar-refractivity contribution in [3.8, 4) is 5.75 Å². The summed E-state index contributed by atoms with van der Waals surface area (Å²) >= 11 is 0. The zero-order chi connectivity index (χ0) is 23.7. The Hall–Kier alpha value is -2.54. The van der Waals surface area contributed by atoms with Crippen molar-refractivity contribution in [3.63, 3.8) is 0 Å². The van der Waals surface area contributed by atoms with Gasteiger partial charge in [-0.05, 0) is 52.6 Å². The van der Waals surface area contributed by atoms with Crippen LogP contribution in [0.2, 0.25) is 0 Å². The lowest BCUT2D eigenvalue weighted by molar-refractivity contribution is -0.127. The number of carbonyl (C=O) groups excluding carboxylic acids is 1. The molecule has 0 radical (unpaired) electrons. The van der Waals surface area contributed by atoms with Crippen molar-refractivity contribution in [1.29, 1.82) is 0 Å². The fraction of sp³-hybridized carbons (Fsp3) is 0.480. The van der Waals surface area contributed by atoms with Crippen molar-refractivity contribution in [2.75, 3.05) is 17.1 Å². The molecule has 1 N–H and O–H groups in total. The summed E-state index contributed by atoms with van der Waals surface area (Å²) in [5, 5.41) is 2.95. The molecule has 1 amide bonds. The molecule has 6 nitrogen and oxygen atoms in total. The van der Waals surface area contributed by atoms with Crippen LogP contribution < -0.4 is 14.4 Å². The highest BCUT2D eigenvalue weighted by Gasteiger charge is 2.35. The second kappa shape index (κ2) is 9.14. The quantitative estimate of drug-likeness (QED) is 0.711. The van der Waals surface area contributed by atoms with Crippen LogP contribution in [-0.4, -0.2) is 33.2 Å². The van der Waals surface area contributed by atoms with E-state index in [1.54, 1.807) is 6.07 Å². The molecule has 0 bridgehead atoms. The predicted octanol–water partition coefficient (Wildman–Crippen LogP) is 3.95. The average molecular weight is 459 g/mol. The van der Waals surface area contributed by atoms with Gasteiger partial charge in [-0.1, -0.05) is 58.9 Å². The van der Waals surface area contributed by atoms with Gasteiger partial charge in [-0.15, -0.1) is 0 Å². The number of anilines is 1. The summed E-state index contributed by atoms with van der Waals surface area (Å²) in [5.41, 5.74) is 4.81. The van der Waals surface area contributed by atoms with Crippen molar-refractivity contribution in [1.82, 2.24) is 5.32 Å². The molecule has 0 aliphatic carbocycles. The van der Waals surface area contributed by atoms with Gasteiger partial charge in [0.05, 0.1) is 18.5 Å². The Morgan fingerprint density at radius 1 is 1.09 bits per heavy atom. The fourth-order valence-electron chi connectivity index (χ4n) is 3.87. The number of aryl methyl sites for hydroxylation is 2. The molecule has 2 aromatic carbocycles. The molecule has 1 aliphatic rings. The van der Waals surface area contributed by atoms with E-state index < -0.39 is 16.1 Å². The van der Waals surface area contributed by atoms with Crippen molar-refractivity contribution in [2.45, 2.75) is 65.5 Å². The number of carbonyl (C=O) groups is 1. The van der Waals surface area contributed by atoms with E-state index in [0.717, 1.165) is 30.2 Å². The van der Waals surface area contributed by atoms with Crippen LogP contribution in [0.15, 0.2) is 36.4 Å². The molecule has 32 heavy (non-hydrogen) atoms. The molecule has 3 rings (SSSR count). The Bertz CT molecular complexity index is 1100. The van der Waals surface area contributed by atoms with Gasteiger partial charge in [0.1, 0.15) is 5.75 Å². The predicted molar refractivity (Wildman–Crippen MR) is 129 cm³/mol. The number of rotatable bonds is 6. The van der Waals surface area contributed by atoms with E-state index in [0.29, 0.717) is 18.0 Å². The molecule has 2 aromatic rings. The van der Waals surface area contributed by atoms with Crippen LogP contribution in [0.4, 0.5) is 5.69 Å². The number of nitrogens with one attached hydrogen (secondary N) is 1. The van der Waals surface area contributed by atoms with E-state index in [4.69, 9.17) is 4.74 Å². The Morgan fingerprint density at radius 2 is 1.81 bits per heavy atom. The Morgan fingerprint density at radius 3 is 2.41 bits per heavy atom. The normalized spacial score (nSPS) is 16.3. The van der Waals surface area contributed by atoms with E-state index in [1.807, 2.05) is 12.1 Å². The second-order valence-electron chi connectivity index (χ2n) is 9.36. The number of nitrogens with zero attached hydrogens (tertiary/aromatic N) is 1. The third-order valence-electron chi connectivity index (χ3n) is 5.90. The number of fused-ring (bicyclic) bond motifs is 1. The maximum absolute atomic E-state index is 13.0. The van der Waals surface area contributed by atoms with Crippen LogP contribution in [0.25, 0.3) is 0 Å². The number of amides is 1. The minimum Gasteiger partial charge on any atom is -0.476 e. The van der Waals surface area contributed by atoms with E-state index >= 15 is 0 Å². The van der Waals surface area contributed by atoms with E-state index in [9.17, 15) is 13.2 Å². The molecule has 0 saturated heterocycles. The van der Waals surface area contributed by atoms with Crippen molar-refractivity contribution in [2.24, 2.45) is 0 Å². The van der Waals surface area contributed by atoms with Gasteiger partial charge in [0.15, 0.2) is 6.10 Å². The van der Waals surface area contributed by atoms with Crippen LogP contribution in [0.5, 0.6) is 5.75 Å². The molecular weight excluding hydrogens is 424 g/mol. The maximum atomic E-state index is 13.0. The topological polar surface area (TPSA) is 75.7 Å². The smallest absolute Gasteiger partial charge is 0.263 e. The molecule has 1 unspecified atom stereocenters. The summed E-state index contributed by atoms with van der Waals surface area (Å²) in [6, 6.07) is 11.9. The van der Waals surface area contributed by atoms with Crippen molar-refractivity contribution < 1.29 is 17.9 Å². The third-order valence-corrected chi connectivity index (χ3v) is 7.05. The lowest BCUT2D eigenvalue weighted by Crippen LogP contribution is -2.50. The molecule has 0 fully saturated rings. The van der Waals surface area contributed by atoms with Crippen molar-refractivity contribution in [3.05, 3.63) is 58.7 Å². The van der Waals surface area contributed by atoms with Crippen LogP contribution in [0.3, 0.4) is 0 Å². The van der Waals surface area contributed by atoms with E-state index in [2.05, 4.69) is 58.1 Å². The average Bonchev–Trinajstić information content (AvgIpc) is 2.74. The summed E-state index contributed by atoms with van der Waals surface area (Å²) in [6.07, 6.45) is 2.04. The van der Waals surface area contributed by atoms with Gasteiger partial charge in [-0.2, -0.15) is 0 Å². The first-order valence-corrected chi connectivity index (χ1v) is 13.0. The zero-order valence-corrected chi connectivity index (χ0v) is 20.7. The largest absolute Gasteiger partial charge is 0.476 e. The number of hydrogen-bond donors (Lipinski definition) is 1. The number of sulfonamides is 1. The SMILES string of the molecule is CCc1ccc(CC)c(CNC(=O)C2CN(S(C)(=O)=O)c3cc(C(C)(C)C)ccc3O2)c1.